The first-order valence-corrected chi connectivity index (χ1v) is 8.89. The van der Waals surface area contributed by atoms with Crippen molar-refractivity contribution in [1.29, 1.82) is 0 Å². The molecule has 0 saturated carbocycles. The molecule has 173 valence electrons. The van der Waals surface area contributed by atoms with E-state index in [0.717, 1.165) is 12.8 Å². The third-order valence-corrected chi connectivity index (χ3v) is 1.80. The monoisotopic (exact) mass is 493 g/mol. The van der Waals surface area contributed by atoms with Crippen LogP contribution in [0.5, 0.6) is 0 Å². The molecule has 14 heteroatoms. The van der Waals surface area contributed by atoms with Crippen LogP contribution in [0.3, 0.4) is 0 Å². The first-order valence-electron chi connectivity index (χ1n) is 7.56. The number of amides is 2. The van der Waals surface area contributed by atoms with Gasteiger partial charge in [-0.15, -0.1) is 0 Å². The van der Waals surface area contributed by atoms with Crippen molar-refractivity contribution in [2.75, 3.05) is 39.7 Å². The van der Waals surface area contributed by atoms with Crippen molar-refractivity contribution in [1.82, 2.24) is 19.8 Å². The molecule has 0 atom stereocenters. The van der Waals surface area contributed by atoms with Crippen molar-refractivity contribution in [2.45, 2.75) is 0 Å². The Balaban J connectivity index is -0.000000142. The van der Waals surface area contributed by atoms with Gasteiger partial charge in [0.15, 0.2) is 0 Å². The van der Waals surface area contributed by atoms with E-state index < -0.39 is 10.4 Å². The molecule has 0 aromatic carbocycles. The largest absolute Gasteiger partial charge is 2.00 e. The van der Waals surface area contributed by atoms with Crippen LogP contribution in [0.15, 0.2) is 48.8 Å². The second-order valence-electron chi connectivity index (χ2n) is 5.06. The number of rotatable bonds is 2. The van der Waals surface area contributed by atoms with E-state index in [1.807, 2.05) is 24.3 Å². The van der Waals surface area contributed by atoms with Crippen molar-refractivity contribution >= 4 is 34.9 Å². The molecule has 30 heavy (non-hydrogen) atoms. The van der Waals surface area contributed by atoms with E-state index in [4.69, 9.17) is 29.0 Å². The van der Waals surface area contributed by atoms with E-state index >= 15 is 0 Å². The number of carbonyl (C=O) groups excluding carboxylic acids is 2. The first kappa shape index (κ1) is 34.7. The van der Waals surface area contributed by atoms with Gasteiger partial charge in [-0.2, -0.15) is 0 Å². The Morgan fingerprint density at radius 1 is 0.800 bits per heavy atom. The molecule has 2 amide bonds. The van der Waals surface area contributed by atoms with Crippen LogP contribution in [0.25, 0.3) is 0 Å². The van der Waals surface area contributed by atoms with Crippen LogP contribution in [0.1, 0.15) is 0 Å². The Morgan fingerprint density at radius 3 is 1.10 bits per heavy atom. The number of carbonyl (C=O) groups is 2. The van der Waals surface area contributed by atoms with Crippen LogP contribution in [0.4, 0.5) is 11.6 Å². The summed E-state index contributed by atoms with van der Waals surface area (Å²) in [5.74, 6) is 1.14. The summed E-state index contributed by atoms with van der Waals surface area (Å²) in [6, 6.07) is 10.9. The Labute approximate surface area is 187 Å². The molecule has 0 aliphatic rings. The molecule has 0 aliphatic heterocycles. The Morgan fingerprint density at radius 2 is 1.03 bits per heavy atom. The van der Waals surface area contributed by atoms with Crippen molar-refractivity contribution in [3.05, 3.63) is 48.8 Å². The predicted molar refractivity (Wildman–Crippen MR) is 107 cm³/mol. The summed E-state index contributed by atoms with van der Waals surface area (Å²) in [6.07, 6.45) is 4.82. The molecule has 0 unspecified atom stereocenters. The predicted octanol–water partition coefficient (Wildman–Crippen LogP) is -0.604. The molecular formula is C16H26CuN6O6S. The number of anilines is 2. The number of hydrogen-bond donors (Lipinski definition) is 2. The van der Waals surface area contributed by atoms with Crippen molar-refractivity contribution in [2.24, 2.45) is 0 Å². The van der Waals surface area contributed by atoms with Crippen LogP contribution in [-0.2, 0) is 37.1 Å². The van der Waals surface area contributed by atoms with Gasteiger partial charge in [0.05, 0.1) is 0 Å². The van der Waals surface area contributed by atoms with Crippen LogP contribution < -0.4 is 11.5 Å². The smallest absolute Gasteiger partial charge is 0.759 e. The summed E-state index contributed by atoms with van der Waals surface area (Å²) in [7, 11) is 1.58. The maximum Gasteiger partial charge on any atom is 2.00 e. The first-order chi connectivity index (χ1) is 13.3. The minimum Gasteiger partial charge on any atom is -0.759 e. The van der Waals surface area contributed by atoms with Gasteiger partial charge in [0, 0.05) is 51.0 Å². The number of pyridine rings is 2. The summed E-state index contributed by atoms with van der Waals surface area (Å²) in [5, 5.41) is 0. The average Bonchev–Trinajstić information content (AvgIpc) is 2.63. The van der Waals surface area contributed by atoms with Crippen LogP contribution in [-0.4, -0.2) is 78.3 Å². The van der Waals surface area contributed by atoms with Gasteiger partial charge in [0.25, 0.3) is 0 Å². The van der Waals surface area contributed by atoms with Gasteiger partial charge in [-0.3, -0.25) is 18.0 Å². The molecule has 0 aliphatic carbocycles. The fourth-order valence-electron chi connectivity index (χ4n) is 0.752. The maximum atomic E-state index is 9.43. The summed E-state index contributed by atoms with van der Waals surface area (Å²) < 4.78 is 34.1. The Hall–Kier alpha value is -2.77. The zero-order valence-electron chi connectivity index (χ0n) is 16.9. The summed E-state index contributed by atoms with van der Waals surface area (Å²) >= 11 is 0. The molecule has 2 rings (SSSR count). The van der Waals surface area contributed by atoms with Gasteiger partial charge in [-0.25, -0.2) is 9.97 Å². The van der Waals surface area contributed by atoms with E-state index in [0.29, 0.717) is 11.6 Å². The van der Waals surface area contributed by atoms with Gasteiger partial charge < -0.3 is 30.4 Å². The molecule has 2 aromatic rings. The van der Waals surface area contributed by atoms with E-state index in [1.54, 1.807) is 52.7 Å². The number of nitrogens with zero attached hydrogens (tertiary/aromatic N) is 4. The van der Waals surface area contributed by atoms with E-state index in [-0.39, 0.29) is 17.1 Å². The van der Waals surface area contributed by atoms with Gasteiger partial charge in [0.1, 0.15) is 11.6 Å². The van der Waals surface area contributed by atoms with Gasteiger partial charge in [-0.1, -0.05) is 12.1 Å². The second kappa shape index (κ2) is 22.5. The molecule has 1 radical (unpaired) electrons. The zero-order chi connectivity index (χ0) is 23.3. The third-order valence-electron chi connectivity index (χ3n) is 1.80. The van der Waals surface area contributed by atoms with Crippen molar-refractivity contribution in [3.63, 3.8) is 0 Å². The Bertz CT molecular complexity index is 679. The molecule has 0 saturated heterocycles. The SMILES string of the molecule is CN(C)C=O.CN(C)C=O.Nc1ccccn1.Nc1ccccn1.O=S(=O)([O-])[O-].[Cu+2]. The number of nitrogen functional groups attached to an aromatic ring is 2. The molecule has 12 nitrogen and oxygen atoms in total. The standard InChI is InChI=1S/2C5H6N2.2C3H7NO.Cu.H2O4S/c2*6-5-3-1-2-4-7-5;2*1-4(2)3-5;;1-5(2,3)4/h2*1-4H,(H2,6,7);2*3H,1-2H3;;(H2,1,2,3,4)/q;;;;+2;/p-2. The van der Waals surface area contributed by atoms with E-state index in [2.05, 4.69) is 9.97 Å². The fourth-order valence-corrected chi connectivity index (χ4v) is 0.752. The van der Waals surface area contributed by atoms with Gasteiger partial charge >= 0.3 is 17.1 Å². The van der Waals surface area contributed by atoms with Crippen LogP contribution in [0, 0.1) is 0 Å². The van der Waals surface area contributed by atoms with E-state index in [9.17, 15) is 9.59 Å². The second-order valence-corrected chi connectivity index (χ2v) is 5.87. The van der Waals surface area contributed by atoms with Gasteiger partial charge in [0.2, 0.25) is 12.8 Å². The molecular weight excluding hydrogens is 468 g/mol. The normalized spacial score (nSPS) is 8.20. The number of hydrogen-bond acceptors (Lipinski definition) is 10. The molecule has 2 heterocycles. The zero-order valence-corrected chi connectivity index (χ0v) is 18.6. The fraction of sp³-hybridized carbons (Fsp3) is 0.250. The maximum absolute atomic E-state index is 9.43. The molecule has 0 fully saturated rings. The van der Waals surface area contributed by atoms with Crippen molar-refractivity contribution in [3.8, 4) is 0 Å². The molecule has 4 N–H and O–H groups in total. The van der Waals surface area contributed by atoms with Crippen LogP contribution >= 0.6 is 0 Å². The summed E-state index contributed by atoms with van der Waals surface area (Å²) in [6.45, 7) is 0. The van der Waals surface area contributed by atoms with Crippen molar-refractivity contribution < 1.29 is 44.2 Å². The summed E-state index contributed by atoms with van der Waals surface area (Å²) in [4.78, 5) is 29.3. The molecule has 0 bridgehead atoms. The summed E-state index contributed by atoms with van der Waals surface area (Å²) in [5.41, 5.74) is 10.5. The minimum absolute atomic E-state index is 0. The molecule has 0 spiro atoms. The minimum atomic E-state index is -5.17. The number of aromatic nitrogens is 2. The van der Waals surface area contributed by atoms with E-state index in [1.165, 1.54) is 9.80 Å². The Kier molecular flexibility index (Phi) is 26.1. The quantitative estimate of drug-likeness (QED) is 0.235. The van der Waals surface area contributed by atoms with Crippen LogP contribution in [0.2, 0.25) is 0 Å². The third kappa shape index (κ3) is 49.9. The topological polar surface area (TPSA) is 199 Å². The van der Waals surface area contributed by atoms with Gasteiger partial charge in [-0.05, 0) is 24.3 Å². The number of nitrogens with two attached hydrogens (primary N) is 2. The molecule has 2 aromatic heterocycles. The average molecular weight is 494 g/mol.